The normalized spacial score (nSPS) is 19.3. The lowest BCUT2D eigenvalue weighted by atomic mass is 9.85. The lowest BCUT2D eigenvalue weighted by molar-refractivity contribution is 0.0903. The molecule has 1 aliphatic carbocycles. The number of hydrogen-bond donors (Lipinski definition) is 3. The molecule has 1 atom stereocenters. The van der Waals surface area contributed by atoms with E-state index in [-0.39, 0.29) is 29.7 Å². The van der Waals surface area contributed by atoms with Crippen molar-refractivity contribution in [2.45, 2.75) is 76.8 Å². The summed E-state index contributed by atoms with van der Waals surface area (Å²) in [4.78, 5) is 21.1. The van der Waals surface area contributed by atoms with Crippen LogP contribution in [0.2, 0.25) is 0 Å². The van der Waals surface area contributed by atoms with Crippen molar-refractivity contribution < 1.29 is 18.4 Å². The third-order valence-corrected chi connectivity index (χ3v) is 7.39. The molecular formula is C26H34FN5O3. The molecule has 1 aromatic carbocycles. The van der Waals surface area contributed by atoms with Crippen LogP contribution in [-0.4, -0.2) is 40.3 Å². The van der Waals surface area contributed by atoms with E-state index in [1.165, 1.54) is 25.5 Å². The molecule has 2 aromatic heterocycles. The standard InChI is InChI=1S/C26H34FN5O3/c1-16-19(15-35-32-16)26(33)31-23(17-7-5-3-2-4-6-8-17)25-29-21-10-9-20(22(27)24(21)30-25)28-18-11-13-34-14-12-18/h9-10,15,17-18,23,28H,2-8,11-14H2,1H3,(H,29,30)(H,31,33). The summed E-state index contributed by atoms with van der Waals surface area (Å²) in [6, 6.07) is 3.45. The van der Waals surface area contributed by atoms with E-state index in [2.05, 4.69) is 20.8 Å². The van der Waals surface area contributed by atoms with Gasteiger partial charge in [0.2, 0.25) is 0 Å². The largest absolute Gasteiger partial charge is 0.381 e. The number of carbonyl (C=O) groups excluding carboxylic acids is 1. The third kappa shape index (κ3) is 5.34. The number of nitrogens with one attached hydrogen (secondary N) is 3. The summed E-state index contributed by atoms with van der Waals surface area (Å²) >= 11 is 0. The summed E-state index contributed by atoms with van der Waals surface area (Å²) < 4.78 is 25.9. The predicted octanol–water partition coefficient (Wildman–Crippen LogP) is 5.42. The van der Waals surface area contributed by atoms with Gasteiger partial charge in [-0.25, -0.2) is 9.37 Å². The Labute approximate surface area is 204 Å². The minimum Gasteiger partial charge on any atom is -0.381 e. The zero-order chi connectivity index (χ0) is 24.2. The van der Waals surface area contributed by atoms with E-state index < -0.39 is 0 Å². The Morgan fingerprint density at radius 2 is 1.86 bits per heavy atom. The van der Waals surface area contributed by atoms with E-state index in [9.17, 15) is 4.79 Å². The van der Waals surface area contributed by atoms with Gasteiger partial charge in [0.05, 0.1) is 22.9 Å². The van der Waals surface area contributed by atoms with Gasteiger partial charge in [0, 0.05) is 19.3 Å². The first-order valence-electron chi connectivity index (χ1n) is 12.8. The molecule has 1 saturated heterocycles. The van der Waals surface area contributed by atoms with Crippen molar-refractivity contribution in [1.82, 2.24) is 20.4 Å². The number of benzene rings is 1. The fourth-order valence-corrected chi connectivity index (χ4v) is 5.34. The molecule has 2 fully saturated rings. The highest BCUT2D eigenvalue weighted by molar-refractivity contribution is 5.95. The molecule has 5 rings (SSSR count). The van der Waals surface area contributed by atoms with Crippen molar-refractivity contribution in [2.75, 3.05) is 18.5 Å². The van der Waals surface area contributed by atoms with Crippen LogP contribution in [0.15, 0.2) is 22.9 Å². The van der Waals surface area contributed by atoms with Crippen molar-refractivity contribution in [3.8, 4) is 0 Å². The highest BCUT2D eigenvalue weighted by Crippen LogP contribution is 2.34. The maximum Gasteiger partial charge on any atom is 0.257 e. The molecule has 0 spiro atoms. The van der Waals surface area contributed by atoms with Crippen LogP contribution in [0, 0.1) is 18.7 Å². The van der Waals surface area contributed by atoms with Gasteiger partial charge in [-0.3, -0.25) is 4.79 Å². The summed E-state index contributed by atoms with van der Waals surface area (Å²) in [7, 11) is 0. The van der Waals surface area contributed by atoms with Gasteiger partial charge in [0.15, 0.2) is 5.82 Å². The first-order valence-corrected chi connectivity index (χ1v) is 12.8. The highest BCUT2D eigenvalue weighted by atomic mass is 19.1. The van der Waals surface area contributed by atoms with Gasteiger partial charge >= 0.3 is 0 Å². The van der Waals surface area contributed by atoms with Gasteiger partial charge in [-0.15, -0.1) is 0 Å². The quantitative estimate of drug-likeness (QED) is 0.432. The van der Waals surface area contributed by atoms with Crippen LogP contribution < -0.4 is 10.6 Å². The van der Waals surface area contributed by atoms with Crippen LogP contribution in [-0.2, 0) is 4.74 Å². The van der Waals surface area contributed by atoms with Gasteiger partial charge in [-0.1, -0.05) is 37.3 Å². The van der Waals surface area contributed by atoms with Crippen LogP contribution in [0.3, 0.4) is 0 Å². The van der Waals surface area contributed by atoms with Crippen molar-refractivity contribution in [3.05, 3.63) is 41.3 Å². The summed E-state index contributed by atoms with van der Waals surface area (Å²) in [6.45, 7) is 3.11. The predicted molar refractivity (Wildman–Crippen MR) is 131 cm³/mol. The minimum absolute atomic E-state index is 0.183. The van der Waals surface area contributed by atoms with E-state index in [0.717, 1.165) is 38.5 Å². The van der Waals surface area contributed by atoms with Crippen molar-refractivity contribution in [3.63, 3.8) is 0 Å². The molecule has 188 valence electrons. The summed E-state index contributed by atoms with van der Waals surface area (Å²) in [5, 5.41) is 10.3. The van der Waals surface area contributed by atoms with E-state index >= 15 is 4.39 Å². The van der Waals surface area contributed by atoms with E-state index in [1.807, 2.05) is 6.07 Å². The van der Waals surface area contributed by atoms with Crippen LogP contribution in [0.5, 0.6) is 0 Å². The number of carbonyl (C=O) groups is 1. The molecule has 1 aliphatic heterocycles. The van der Waals surface area contributed by atoms with E-state index in [1.54, 1.807) is 13.0 Å². The Balaban J connectivity index is 1.45. The highest BCUT2D eigenvalue weighted by Gasteiger charge is 2.30. The van der Waals surface area contributed by atoms with E-state index in [0.29, 0.717) is 47.0 Å². The number of aromatic nitrogens is 3. The maximum absolute atomic E-state index is 15.5. The molecule has 1 unspecified atom stereocenters. The minimum atomic E-state index is -0.367. The first kappa shape index (κ1) is 23.8. The lowest BCUT2D eigenvalue weighted by Crippen LogP contribution is -2.35. The Hall–Kier alpha value is -2.94. The van der Waals surface area contributed by atoms with Crippen molar-refractivity contribution in [2.24, 2.45) is 5.92 Å². The fourth-order valence-electron chi connectivity index (χ4n) is 5.34. The molecule has 2 aliphatic rings. The zero-order valence-corrected chi connectivity index (χ0v) is 20.2. The number of amides is 1. The molecular weight excluding hydrogens is 449 g/mol. The zero-order valence-electron chi connectivity index (χ0n) is 20.2. The Kier molecular flexibility index (Phi) is 7.32. The van der Waals surface area contributed by atoms with Gasteiger partial charge < -0.3 is 24.9 Å². The Bertz CT molecular complexity index is 1150. The fraction of sp³-hybridized carbons (Fsp3) is 0.577. The average Bonchev–Trinajstić information content (AvgIpc) is 3.47. The topological polar surface area (TPSA) is 105 Å². The number of fused-ring (bicyclic) bond motifs is 1. The lowest BCUT2D eigenvalue weighted by Gasteiger charge is -2.28. The monoisotopic (exact) mass is 483 g/mol. The van der Waals surface area contributed by atoms with Gasteiger partial charge in [0.1, 0.15) is 23.2 Å². The smallest absolute Gasteiger partial charge is 0.257 e. The number of ether oxygens (including phenoxy) is 1. The summed E-state index contributed by atoms with van der Waals surface area (Å²) in [6.07, 6.45) is 10.9. The number of rotatable bonds is 6. The number of aromatic amines is 1. The van der Waals surface area contributed by atoms with Gasteiger partial charge in [0.25, 0.3) is 5.91 Å². The Morgan fingerprint density at radius 1 is 1.11 bits per heavy atom. The van der Waals surface area contributed by atoms with Crippen molar-refractivity contribution in [1.29, 1.82) is 0 Å². The molecule has 35 heavy (non-hydrogen) atoms. The van der Waals surface area contributed by atoms with Gasteiger partial charge in [-0.2, -0.15) is 0 Å². The summed E-state index contributed by atoms with van der Waals surface area (Å²) in [5.41, 5.74) is 2.32. The molecule has 3 aromatic rings. The first-order chi connectivity index (χ1) is 17.1. The number of halogens is 1. The van der Waals surface area contributed by atoms with Crippen LogP contribution in [0.25, 0.3) is 11.0 Å². The summed E-state index contributed by atoms with van der Waals surface area (Å²) in [5.74, 6) is 0.186. The number of imidazole rings is 1. The average molecular weight is 484 g/mol. The van der Waals surface area contributed by atoms with Crippen LogP contribution >= 0.6 is 0 Å². The Morgan fingerprint density at radius 3 is 2.57 bits per heavy atom. The second-order valence-corrected chi connectivity index (χ2v) is 9.85. The number of hydrogen-bond acceptors (Lipinski definition) is 6. The van der Waals surface area contributed by atoms with Crippen molar-refractivity contribution >= 4 is 22.6 Å². The van der Waals surface area contributed by atoms with Crippen LogP contribution in [0.1, 0.15) is 85.7 Å². The molecule has 0 radical (unpaired) electrons. The number of nitrogens with zero attached hydrogens (tertiary/aromatic N) is 2. The number of aryl methyl sites for hydroxylation is 1. The molecule has 0 bridgehead atoms. The number of H-pyrrole nitrogens is 1. The maximum atomic E-state index is 15.5. The molecule has 1 amide bonds. The molecule has 9 heteroatoms. The SMILES string of the molecule is Cc1nocc1C(=O)NC(c1nc2c(F)c(NC3CCOCC3)ccc2[nH]1)C1CCCCCCC1. The third-order valence-electron chi connectivity index (χ3n) is 7.39. The molecule has 8 nitrogen and oxygen atoms in total. The van der Waals surface area contributed by atoms with Gasteiger partial charge in [-0.05, 0) is 50.7 Å². The second kappa shape index (κ2) is 10.8. The molecule has 1 saturated carbocycles. The molecule has 3 heterocycles. The van der Waals surface area contributed by atoms with E-state index in [4.69, 9.17) is 14.2 Å². The number of anilines is 1. The second-order valence-electron chi connectivity index (χ2n) is 9.85. The molecule has 3 N–H and O–H groups in total. The van der Waals surface area contributed by atoms with Crippen LogP contribution in [0.4, 0.5) is 10.1 Å².